The Balaban J connectivity index is 2.13. The molecule has 1 saturated heterocycles. The average molecular weight is 344 g/mol. The molecule has 17 heavy (non-hydrogen) atoms. The molecule has 0 radical (unpaired) electrons. The van der Waals surface area contributed by atoms with Crippen molar-refractivity contribution in [2.24, 2.45) is 0 Å². The number of nitrogens with one attached hydrogen (secondary N) is 2. The molecule has 0 saturated carbocycles. The largest absolute Gasteiger partial charge is 0.373 e. The summed E-state index contributed by atoms with van der Waals surface area (Å²) in [7, 11) is 0. The number of amides is 1. The molecule has 4 heteroatoms. The van der Waals surface area contributed by atoms with Gasteiger partial charge in [-0.05, 0) is 66.5 Å². The second kappa shape index (κ2) is 5.71. The molecule has 0 aromatic heterocycles. The van der Waals surface area contributed by atoms with Crippen LogP contribution in [0.3, 0.4) is 0 Å². The Kier molecular flexibility index (Phi) is 4.25. The third-order valence-electron chi connectivity index (χ3n) is 3.13. The Morgan fingerprint density at radius 2 is 2.24 bits per heavy atom. The predicted octanol–water partition coefficient (Wildman–Crippen LogP) is 2.68. The van der Waals surface area contributed by atoms with Gasteiger partial charge in [0, 0.05) is 15.8 Å². The van der Waals surface area contributed by atoms with Gasteiger partial charge in [0.05, 0.1) is 0 Å². The summed E-state index contributed by atoms with van der Waals surface area (Å²) < 4.78 is 1.22. The fourth-order valence-corrected chi connectivity index (χ4v) is 2.53. The van der Waals surface area contributed by atoms with Gasteiger partial charge >= 0.3 is 0 Å². The van der Waals surface area contributed by atoms with Gasteiger partial charge < -0.3 is 10.6 Å². The molecule has 1 aromatic carbocycles. The van der Waals surface area contributed by atoms with E-state index in [1.54, 1.807) is 0 Å². The van der Waals surface area contributed by atoms with E-state index in [0.717, 1.165) is 31.5 Å². The van der Waals surface area contributed by atoms with Gasteiger partial charge in [0.2, 0.25) is 5.91 Å². The number of halogens is 1. The quantitative estimate of drug-likeness (QED) is 0.810. The lowest BCUT2D eigenvalue weighted by molar-refractivity contribution is -0.121. The third kappa shape index (κ3) is 3.12. The fraction of sp³-hybridized carbons (Fsp3) is 0.462. The summed E-state index contributed by atoms with van der Waals surface area (Å²) in [5.41, 5.74) is 2.28. The molecule has 0 bridgehead atoms. The third-order valence-corrected chi connectivity index (χ3v) is 4.30. The number of anilines is 1. The number of hydrogen-bond acceptors (Lipinski definition) is 2. The van der Waals surface area contributed by atoms with Crippen LogP contribution in [-0.2, 0) is 4.79 Å². The maximum absolute atomic E-state index is 11.8. The fourth-order valence-electron chi connectivity index (χ4n) is 2.03. The smallest absolute Gasteiger partial charge is 0.242 e. The highest BCUT2D eigenvalue weighted by Gasteiger charge is 2.20. The summed E-state index contributed by atoms with van der Waals surface area (Å²) in [5, 5.41) is 6.31. The van der Waals surface area contributed by atoms with E-state index in [0.29, 0.717) is 0 Å². The van der Waals surface area contributed by atoms with Crippen LogP contribution in [0.5, 0.6) is 0 Å². The monoisotopic (exact) mass is 344 g/mol. The van der Waals surface area contributed by atoms with Gasteiger partial charge in [-0.1, -0.05) is 6.07 Å². The van der Waals surface area contributed by atoms with E-state index in [2.05, 4.69) is 46.2 Å². The molecule has 1 atom stereocenters. The highest BCUT2D eigenvalue weighted by Crippen LogP contribution is 2.22. The summed E-state index contributed by atoms with van der Waals surface area (Å²) in [6.07, 6.45) is 3.09. The van der Waals surface area contributed by atoms with Crippen molar-refractivity contribution in [3.05, 3.63) is 27.3 Å². The predicted molar refractivity (Wildman–Crippen MR) is 78.2 cm³/mol. The zero-order valence-corrected chi connectivity index (χ0v) is 12.1. The van der Waals surface area contributed by atoms with Crippen molar-refractivity contribution in [3.63, 3.8) is 0 Å². The molecule has 1 aliphatic rings. The van der Waals surface area contributed by atoms with E-state index in [1.165, 1.54) is 9.13 Å². The van der Waals surface area contributed by atoms with E-state index in [-0.39, 0.29) is 11.9 Å². The second-order valence-corrected chi connectivity index (χ2v) is 5.56. The minimum absolute atomic E-state index is 0.0885. The molecule has 2 N–H and O–H groups in total. The molecule has 1 fully saturated rings. The van der Waals surface area contributed by atoms with Crippen molar-refractivity contribution in [3.8, 4) is 0 Å². The first-order valence-corrected chi connectivity index (χ1v) is 7.06. The molecule has 92 valence electrons. The lowest BCUT2D eigenvalue weighted by Gasteiger charge is -2.18. The summed E-state index contributed by atoms with van der Waals surface area (Å²) in [6.45, 7) is 2.89. The number of hydrogen-bond donors (Lipinski definition) is 2. The molecule has 1 aliphatic heterocycles. The van der Waals surface area contributed by atoms with Gasteiger partial charge in [0.1, 0.15) is 6.04 Å². The van der Waals surface area contributed by atoms with Crippen molar-refractivity contribution in [1.29, 1.82) is 0 Å². The number of carbonyl (C=O) groups excluding carboxylic acids is 1. The van der Waals surface area contributed by atoms with Gasteiger partial charge in [-0.3, -0.25) is 4.79 Å². The van der Waals surface area contributed by atoms with Gasteiger partial charge in [-0.25, -0.2) is 0 Å². The van der Waals surface area contributed by atoms with E-state index < -0.39 is 0 Å². The van der Waals surface area contributed by atoms with Crippen molar-refractivity contribution < 1.29 is 4.79 Å². The van der Waals surface area contributed by atoms with Gasteiger partial charge in [0.25, 0.3) is 0 Å². The minimum Gasteiger partial charge on any atom is -0.373 e. The molecule has 0 aliphatic carbocycles. The second-order valence-electron chi connectivity index (χ2n) is 4.40. The normalized spacial score (nSPS) is 20.6. The number of benzene rings is 1. The average Bonchev–Trinajstić information content (AvgIpc) is 2.51. The Hall–Kier alpha value is -0.780. The van der Waals surface area contributed by atoms with Crippen molar-refractivity contribution >= 4 is 34.2 Å². The summed E-state index contributed by atoms with van der Waals surface area (Å²) in [5.74, 6) is 0.126. The van der Waals surface area contributed by atoms with Gasteiger partial charge in [-0.2, -0.15) is 0 Å². The van der Waals surface area contributed by atoms with E-state index in [9.17, 15) is 4.79 Å². The van der Waals surface area contributed by atoms with Crippen LogP contribution >= 0.6 is 22.6 Å². The van der Waals surface area contributed by atoms with E-state index >= 15 is 0 Å². The topological polar surface area (TPSA) is 41.1 Å². The lowest BCUT2D eigenvalue weighted by atomic mass is 10.1. The molecule has 3 nitrogen and oxygen atoms in total. The first-order valence-electron chi connectivity index (χ1n) is 5.98. The Labute approximate surface area is 116 Å². The van der Waals surface area contributed by atoms with Crippen LogP contribution in [0.1, 0.15) is 24.8 Å². The standard InChI is InChI=1S/C13H17IN2O/c1-9-10(14)5-4-7-11(9)16-12-6-2-3-8-15-13(12)17/h4-5,7,12,16H,2-3,6,8H2,1H3,(H,15,17). The van der Waals surface area contributed by atoms with Crippen LogP contribution in [0, 0.1) is 10.5 Å². The molecule has 0 spiro atoms. The van der Waals surface area contributed by atoms with Crippen LogP contribution in [0.2, 0.25) is 0 Å². The van der Waals surface area contributed by atoms with Crippen LogP contribution in [0.15, 0.2) is 18.2 Å². The molecule has 1 aromatic rings. The molecule has 1 unspecified atom stereocenters. The molecule has 1 heterocycles. The van der Waals surface area contributed by atoms with Gasteiger partial charge in [-0.15, -0.1) is 0 Å². The molecular formula is C13H17IN2O. The van der Waals surface area contributed by atoms with Crippen molar-refractivity contribution in [2.75, 3.05) is 11.9 Å². The SMILES string of the molecule is Cc1c(I)cccc1NC1CCCCNC1=O. The highest BCUT2D eigenvalue weighted by atomic mass is 127. The molecule has 2 rings (SSSR count). The van der Waals surface area contributed by atoms with Crippen LogP contribution in [0.25, 0.3) is 0 Å². The summed E-state index contributed by atoms with van der Waals surface area (Å²) >= 11 is 2.32. The zero-order chi connectivity index (χ0) is 12.3. The van der Waals surface area contributed by atoms with Crippen molar-refractivity contribution in [2.45, 2.75) is 32.2 Å². The Morgan fingerprint density at radius 3 is 3.06 bits per heavy atom. The first kappa shape index (κ1) is 12.7. The maximum Gasteiger partial charge on any atom is 0.242 e. The Morgan fingerprint density at radius 1 is 1.41 bits per heavy atom. The highest BCUT2D eigenvalue weighted by molar-refractivity contribution is 14.1. The maximum atomic E-state index is 11.8. The van der Waals surface area contributed by atoms with Gasteiger partial charge in [0.15, 0.2) is 0 Å². The first-order chi connectivity index (χ1) is 8.18. The van der Waals surface area contributed by atoms with Crippen molar-refractivity contribution in [1.82, 2.24) is 5.32 Å². The zero-order valence-electron chi connectivity index (χ0n) is 9.92. The lowest BCUT2D eigenvalue weighted by Crippen LogP contribution is -2.38. The minimum atomic E-state index is -0.0885. The molecular weight excluding hydrogens is 327 g/mol. The number of carbonyl (C=O) groups is 1. The summed E-state index contributed by atoms with van der Waals surface area (Å²) in [6, 6.07) is 6.05. The van der Waals surface area contributed by atoms with Crippen LogP contribution in [-0.4, -0.2) is 18.5 Å². The van der Waals surface area contributed by atoms with E-state index in [4.69, 9.17) is 0 Å². The number of rotatable bonds is 2. The summed E-state index contributed by atoms with van der Waals surface area (Å²) in [4.78, 5) is 11.8. The van der Waals surface area contributed by atoms with Crippen LogP contribution in [0.4, 0.5) is 5.69 Å². The molecule has 1 amide bonds. The van der Waals surface area contributed by atoms with E-state index in [1.807, 2.05) is 12.1 Å². The Bertz CT molecular complexity index is 420. The van der Waals surface area contributed by atoms with Crippen LogP contribution < -0.4 is 10.6 Å².